The van der Waals surface area contributed by atoms with Gasteiger partial charge in [-0.15, -0.1) is 0 Å². The SMILES string of the molecule is CCN1CCCN(c2cc3c(c(C)c2OC)CN(C(=O)OC(C)(C)C)C3)C1=O. The van der Waals surface area contributed by atoms with Crippen molar-refractivity contribution in [3.8, 4) is 5.75 Å². The van der Waals surface area contributed by atoms with Crippen LogP contribution in [-0.4, -0.2) is 54.3 Å². The molecule has 0 atom stereocenters. The lowest BCUT2D eigenvalue weighted by Crippen LogP contribution is -2.49. The zero-order valence-corrected chi connectivity index (χ0v) is 17.8. The molecule has 0 aromatic heterocycles. The van der Waals surface area contributed by atoms with E-state index < -0.39 is 5.60 Å². The average molecular weight is 389 g/mol. The summed E-state index contributed by atoms with van der Waals surface area (Å²) in [6.45, 7) is 12.7. The molecule has 0 unspecified atom stereocenters. The summed E-state index contributed by atoms with van der Waals surface area (Å²) in [5.41, 5.74) is 3.34. The lowest BCUT2D eigenvalue weighted by atomic mass is 10.0. The van der Waals surface area contributed by atoms with E-state index in [-0.39, 0.29) is 12.1 Å². The van der Waals surface area contributed by atoms with Crippen molar-refractivity contribution in [2.24, 2.45) is 0 Å². The van der Waals surface area contributed by atoms with Crippen molar-refractivity contribution >= 4 is 17.8 Å². The van der Waals surface area contributed by atoms with Gasteiger partial charge in [-0.3, -0.25) is 9.80 Å². The maximum atomic E-state index is 12.9. The molecule has 3 amide bonds. The molecular formula is C21H31N3O4. The highest BCUT2D eigenvalue weighted by atomic mass is 16.6. The number of hydrogen-bond acceptors (Lipinski definition) is 4. The fraction of sp³-hybridized carbons (Fsp3) is 0.619. The van der Waals surface area contributed by atoms with Crippen LogP contribution < -0.4 is 9.64 Å². The molecule has 0 aliphatic carbocycles. The third-order valence-corrected chi connectivity index (χ3v) is 5.27. The second-order valence-corrected chi connectivity index (χ2v) is 8.40. The van der Waals surface area contributed by atoms with E-state index in [0.29, 0.717) is 31.9 Å². The number of benzene rings is 1. The Labute approximate surface area is 167 Å². The van der Waals surface area contributed by atoms with Crippen molar-refractivity contribution in [3.05, 3.63) is 22.8 Å². The van der Waals surface area contributed by atoms with E-state index in [1.807, 2.05) is 45.6 Å². The summed E-state index contributed by atoms with van der Waals surface area (Å²) in [5.74, 6) is 0.705. The van der Waals surface area contributed by atoms with Crippen LogP contribution in [0.3, 0.4) is 0 Å². The number of fused-ring (bicyclic) bond motifs is 1. The summed E-state index contributed by atoms with van der Waals surface area (Å²) in [5, 5.41) is 0. The maximum Gasteiger partial charge on any atom is 0.410 e. The zero-order chi connectivity index (χ0) is 20.6. The number of urea groups is 1. The highest BCUT2D eigenvalue weighted by Gasteiger charge is 2.34. The van der Waals surface area contributed by atoms with Crippen LogP contribution in [0.5, 0.6) is 5.75 Å². The molecule has 2 aliphatic rings. The first-order valence-electron chi connectivity index (χ1n) is 9.90. The third-order valence-electron chi connectivity index (χ3n) is 5.27. The van der Waals surface area contributed by atoms with Crippen molar-refractivity contribution in [1.82, 2.24) is 9.80 Å². The van der Waals surface area contributed by atoms with Crippen molar-refractivity contribution in [1.29, 1.82) is 0 Å². The van der Waals surface area contributed by atoms with Gasteiger partial charge in [0.05, 0.1) is 19.3 Å². The minimum atomic E-state index is -0.534. The topological polar surface area (TPSA) is 62.3 Å². The lowest BCUT2D eigenvalue weighted by Gasteiger charge is -2.36. The molecule has 0 spiro atoms. The quantitative estimate of drug-likeness (QED) is 0.786. The summed E-state index contributed by atoms with van der Waals surface area (Å²) < 4.78 is 11.2. The lowest BCUT2D eigenvalue weighted by molar-refractivity contribution is 0.0241. The van der Waals surface area contributed by atoms with Gasteiger partial charge < -0.3 is 14.4 Å². The normalized spacial score (nSPS) is 17.1. The van der Waals surface area contributed by atoms with Gasteiger partial charge >= 0.3 is 12.1 Å². The first-order valence-corrected chi connectivity index (χ1v) is 9.90. The van der Waals surface area contributed by atoms with Crippen LogP contribution in [0, 0.1) is 6.92 Å². The number of hydrogen-bond donors (Lipinski definition) is 0. The van der Waals surface area contributed by atoms with E-state index in [2.05, 4.69) is 0 Å². The number of anilines is 1. The zero-order valence-electron chi connectivity index (χ0n) is 17.8. The number of carbonyl (C=O) groups is 2. The molecular weight excluding hydrogens is 358 g/mol. The van der Waals surface area contributed by atoms with Gasteiger partial charge in [-0.05, 0) is 63.8 Å². The van der Waals surface area contributed by atoms with Crippen LogP contribution in [0.15, 0.2) is 6.07 Å². The monoisotopic (exact) mass is 389 g/mol. The Morgan fingerprint density at radius 1 is 1.21 bits per heavy atom. The van der Waals surface area contributed by atoms with Crippen LogP contribution in [-0.2, 0) is 17.8 Å². The van der Waals surface area contributed by atoms with E-state index in [0.717, 1.165) is 35.3 Å². The van der Waals surface area contributed by atoms with Gasteiger partial charge in [-0.25, -0.2) is 9.59 Å². The molecule has 0 N–H and O–H groups in total. The molecule has 7 nitrogen and oxygen atoms in total. The highest BCUT2D eigenvalue weighted by Crippen LogP contribution is 2.41. The summed E-state index contributed by atoms with van der Waals surface area (Å²) in [4.78, 5) is 30.7. The third kappa shape index (κ3) is 3.75. The summed E-state index contributed by atoms with van der Waals surface area (Å²) in [6.07, 6.45) is 0.595. The van der Waals surface area contributed by atoms with Gasteiger partial charge in [-0.2, -0.15) is 0 Å². The second-order valence-electron chi connectivity index (χ2n) is 8.40. The van der Waals surface area contributed by atoms with Crippen LogP contribution in [0.4, 0.5) is 15.3 Å². The van der Waals surface area contributed by atoms with Gasteiger partial charge in [0.25, 0.3) is 0 Å². The standard InChI is InChI=1S/C21H31N3O4/c1-7-22-9-8-10-24(19(22)25)17-11-15-12-23(20(26)28-21(3,4)5)13-16(15)14(2)18(17)27-6/h11H,7-10,12-13H2,1-6H3. The molecule has 1 fully saturated rings. The smallest absolute Gasteiger partial charge is 0.410 e. The molecule has 0 saturated carbocycles. The molecule has 28 heavy (non-hydrogen) atoms. The van der Waals surface area contributed by atoms with Crippen molar-refractivity contribution < 1.29 is 19.1 Å². The Morgan fingerprint density at radius 3 is 2.54 bits per heavy atom. The van der Waals surface area contributed by atoms with Crippen molar-refractivity contribution in [2.45, 2.75) is 59.7 Å². The molecule has 154 valence electrons. The molecule has 7 heteroatoms. The number of methoxy groups -OCH3 is 1. The molecule has 0 bridgehead atoms. The Bertz CT molecular complexity index is 785. The first kappa shape index (κ1) is 20.3. The molecule has 1 saturated heterocycles. The average Bonchev–Trinajstić information content (AvgIpc) is 3.05. The fourth-order valence-corrected chi connectivity index (χ4v) is 3.91. The van der Waals surface area contributed by atoms with E-state index >= 15 is 0 Å². The Hall–Kier alpha value is -2.44. The number of ether oxygens (including phenoxy) is 2. The summed E-state index contributed by atoms with van der Waals surface area (Å²) >= 11 is 0. The molecule has 2 aliphatic heterocycles. The van der Waals surface area contributed by atoms with E-state index in [4.69, 9.17) is 9.47 Å². The van der Waals surface area contributed by atoms with Gasteiger partial charge in [0.2, 0.25) is 0 Å². The Morgan fingerprint density at radius 2 is 1.93 bits per heavy atom. The minimum absolute atomic E-state index is 0.00777. The van der Waals surface area contributed by atoms with Crippen LogP contribution in [0.2, 0.25) is 0 Å². The predicted molar refractivity (Wildman–Crippen MR) is 108 cm³/mol. The fourth-order valence-electron chi connectivity index (χ4n) is 3.91. The van der Waals surface area contributed by atoms with E-state index in [1.165, 1.54) is 0 Å². The maximum absolute atomic E-state index is 12.9. The number of nitrogens with zero attached hydrogens (tertiary/aromatic N) is 3. The van der Waals surface area contributed by atoms with Gasteiger partial charge in [0, 0.05) is 26.2 Å². The molecule has 2 heterocycles. The van der Waals surface area contributed by atoms with Crippen molar-refractivity contribution in [3.63, 3.8) is 0 Å². The van der Waals surface area contributed by atoms with Crippen LogP contribution >= 0.6 is 0 Å². The van der Waals surface area contributed by atoms with Crippen molar-refractivity contribution in [2.75, 3.05) is 31.6 Å². The Kier molecular flexibility index (Phi) is 5.46. The largest absolute Gasteiger partial charge is 0.494 e. The summed E-state index contributed by atoms with van der Waals surface area (Å²) in [7, 11) is 1.63. The van der Waals surface area contributed by atoms with Gasteiger partial charge in [0.15, 0.2) is 0 Å². The van der Waals surface area contributed by atoms with E-state index in [9.17, 15) is 9.59 Å². The van der Waals surface area contributed by atoms with E-state index in [1.54, 1.807) is 16.9 Å². The Balaban J connectivity index is 1.93. The van der Waals surface area contributed by atoms with Gasteiger partial charge in [-0.1, -0.05) is 0 Å². The van der Waals surface area contributed by atoms with Crippen LogP contribution in [0.1, 0.15) is 50.8 Å². The highest BCUT2D eigenvalue weighted by molar-refractivity contribution is 5.95. The predicted octanol–water partition coefficient (Wildman–Crippen LogP) is 3.91. The molecule has 3 rings (SSSR count). The minimum Gasteiger partial charge on any atom is -0.494 e. The summed E-state index contributed by atoms with van der Waals surface area (Å²) in [6, 6.07) is 2.01. The van der Waals surface area contributed by atoms with Crippen LogP contribution in [0.25, 0.3) is 0 Å². The number of amides is 3. The number of carbonyl (C=O) groups excluding carboxylic acids is 2. The molecule has 1 aromatic carbocycles. The first-order chi connectivity index (χ1) is 13.2. The number of rotatable bonds is 3. The second kappa shape index (κ2) is 7.53. The van der Waals surface area contributed by atoms with Gasteiger partial charge in [0.1, 0.15) is 11.4 Å². The molecule has 1 aromatic rings. The molecule has 0 radical (unpaired) electrons.